The SMILES string of the molecule is CC1=C(Cc2ccc(C(F)(F)F)cn2)C(=O)c2ccc(C)c(F)c2C1=O. The molecule has 0 unspecified atom stereocenters. The number of allylic oxidation sites excluding steroid dienone is 2. The molecule has 1 aliphatic rings. The van der Waals surface area contributed by atoms with E-state index < -0.39 is 29.1 Å². The second-order valence-electron chi connectivity index (χ2n) is 6.09. The first-order valence-electron chi connectivity index (χ1n) is 7.71. The number of hydrogen-bond acceptors (Lipinski definition) is 3. The topological polar surface area (TPSA) is 47.0 Å². The molecular formula is C19H13F4NO2. The van der Waals surface area contributed by atoms with Gasteiger partial charge in [0.15, 0.2) is 11.6 Å². The first-order chi connectivity index (χ1) is 12.1. The Balaban J connectivity index is 1.99. The third kappa shape index (κ3) is 2.94. The zero-order chi connectivity index (χ0) is 19.2. The maximum absolute atomic E-state index is 14.3. The van der Waals surface area contributed by atoms with Crippen molar-refractivity contribution < 1.29 is 27.2 Å². The van der Waals surface area contributed by atoms with E-state index in [0.717, 1.165) is 12.1 Å². The zero-order valence-electron chi connectivity index (χ0n) is 13.9. The summed E-state index contributed by atoms with van der Waals surface area (Å²) >= 11 is 0. The van der Waals surface area contributed by atoms with Gasteiger partial charge >= 0.3 is 6.18 Å². The highest BCUT2D eigenvalue weighted by Gasteiger charge is 2.34. The van der Waals surface area contributed by atoms with Crippen LogP contribution in [0.4, 0.5) is 17.6 Å². The standard InChI is InChI=1S/C19H13F4NO2/c1-9-3-6-13-15(16(9)20)17(25)10(2)14(18(13)26)7-12-5-4-11(8-24-12)19(21,22)23/h3-6,8H,7H2,1-2H3. The number of aryl methyl sites for hydroxylation is 1. The molecule has 1 aromatic heterocycles. The van der Waals surface area contributed by atoms with Gasteiger partial charge in [-0.15, -0.1) is 0 Å². The lowest BCUT2D eigenvalue weighted by atomic mass is 9.82. The van der Waals surface area contributed by atoms with Crippen LogP contribution < -0.4 is 0 Å². The van der Waals surface area contributed by atoms with Gasteiger partial charge in [-0.3, -0.25) is 14.6 Å². The number of carbonyl (C=O) groups is 2. The number of alkyl halides is 3. The highest BCUT2D eigenvalue weighted by atomic mass is 19.4. The molecular weight excluding hydrogens is 350 g/mol. The molecule has 0 N–H and O–H groups in total. The van der Waals surface area contributed by atoms with Gasteiger partial charge in [0.05, 0.1) is 11.1 Å². The normalized spacial score (nSPS) is 14.7. The van der Waals surface area contributed by atoms with E-state index in [2.05, 4.69) is 4.98 Å². The van der Waals surface area contributed by atoms with Gasteiger partial charge in [0.1, 0.15) is 5.82 Å². The molecule has 0 saturated heterocycles. The number of rotatable bonds is 2. The lowest BCUT2D eigenvalue weighted by Gasteiger charge is -2.20. The van der Waals surface area contributed by atoms with Crippen LogP contribution in [0.25, 0.3) is 0 Å². The molecule has 0 atom stereocenters. The van der Waals surface area contributed by atoms with E-state index in [9.17, 15) is 27.2 Å². The van der Waals surface area contributed by atoms with Crippen LogP contribution in [-0.4, -0.2) is 16.6 Å². The number of carbonyl (C=O) groups excluding carboxylic acids is 2. The maximum atomic E-state index is 14.3. The van der Waals surface area contributed by atoms with Crippen LogP contribution in [0.2, 0.25) is 0 Å². The predicted molar refractivity (Wildman–Crippen MR) is 85.4 cm³/mol. The first kappa shape index (κ1) is 18.0. The molecule has 26 heavy (non-hydrogen) atoms. The van der Waals surface area contributed by atoms with Gasteiger partial charge < -0.3 is 0 Å². The largest absolute Gasteiger partial charge is 0.417 e. The lowest BCUT2D eigenvalue weighted by molar-refractivity contribution is -0.137. The summed E-state index contributed by atoms with van der Waals surface area (Å²) in [7, 11) is 0. The fourth-order valence-corrected chi connectivity index (χ4v) is 2.84. The Morgan fingerprint density at radius 2 is 1.69 bits per heavy atom. The second kappa shape index (κ2) is 6.16. The smallest absolute Gasteiger partial charge is 0.289 e. The Morgan fingerprint density at radius 1 is 1.00 bits per heavy atom. The fourth-order valence-electron chi connectivity index (χ4n) is 2.84. The fraction of sp³-hybridized carbons (Fsp3) is 0.211. The van der Waals surface area contributed by atoms with Gasteiger partial charge in [-0.2, -0.15) is 13.2 Å². The number of Topliss-reactive ketones (excluding diaryl/α,β-unsaturated/α-hetero) is 2. The molecule has 3 rings (SSSR count). The van der Waals surface area contributed by atoms with Crippen LogP contribution in [0, 0.1) is 12.7 Å². The number of hydrogen-bond donors (Lipinski definition) is 0. The van der Waals surface area contributed by atoms with E-state index in [1.54, 1.807) is 0 Å². The van der Waals surface area contributed by atoms with E-state index in [1.807, 2.05) is 0 Å². The van der Waals surface area contributed by atoms with Gasteiger partial charge in [-0.05, 0) is 37.6 Å². The van der Waals surface area contributed by atoms with Crippen molar-refractivity contribution in [3.05, 3.63) is 75.4 Å². The number of aromatic nitrogens is 1. The molecule has 0 radical (unpaired) electrons. The van der Waals surface area contributed by atoms with Crippen molar-refractivity contribution >= 4 is 11.6 Å². The van der Waals surface area contributed by atoms with E-state index >= 15 is 0 Å². The van der Waals surface area contributed by atoms with Crippen molar-refractivity contribution in [2.45, 2.75) is 26.4 Å². The summed E-state index contributed by atoms with van der Waals surface area (Å²) in [5.41, 5.74) is -0.537. The molecule has 1 aromatic carbocycles. The van der Waals surface area contributed by atoms with Crippen LogP contribution in [0.3, 0.4) is 0 Å². The summed E-state index contributed by atoms with van der Waals surface area (Å²) in [5, 5.41) is 0. The molecule has 3 nitrogen and oxygen atoms in total. The first-order valence-corrected chi connectivity index (χ1v) is 7.71. The molecule has 2 aromatic rings. The minimum Gasteiger partial charge on any atom is -0.289 e. The summed E-state index contributed by atoms with van der Waals surface area (Å²) < 4.78 is 52.1. The zero-order valence-corrected chi connectivity index (χ0v) is 13.9. The van der Waals surface area contributed by atoms with Gasteiger partial charge in [0.25, 0.3) is 0 Å². The van der Waals surface area contributed by atoms with Gasteiger partial charge in [-0.25, -0.2) is 4.39 Å². The Morgan fingerprint density at radius 3 is 2.27 bits per heavy atom. The number of ketones is 2. The predicted octanol–water partition coefficient (Wildman–Crippen LogP) is 4.49. The molecule has 1 heterocycles. The van der Waals surface area contributed by atoms with Crippen molar-refractivity contribution in [2.75, 3.05) is 0 Å². The summed E-state index contributed by atoms with van der Waals surface area (Å²) in [4.78, 5) is 28.9. The number of nitrogens with zero attached hydrogens (tertiary/aromatic N) is 1. The van der Waals surface area contributed by atoms with Crippen molar-refractivity contribution in [3.8, 4) is 0 Å². The van der Waals surface area contributed by atoms with E-state index in [4.69, 9.17) is 0 Å². The third-order valence-corrected chi connectivity index (χ3v) is 4.38. The third-order valence-electron chi connectivity index (χ3n) is 4.38. The molecule has 0 bridgehead atoms. The minimum atomic E-state index is -4.51. The summed E-state index contributed by atoms with van der Waals surface area (Å²) in [5.74, 6) is -1.84. The van der Waals surface area contributed by atoms with E-state index in [-0.39, 0.29) is 40.0 Å². The molecule has 7 heteroatoms. The van der Waals surface area contributed by atoms with Crippen LogP contribution in [0.15, 0.2) is 41.6 Å². The highest BCUT2D eigenvalue weighted by molar-refractivity contribution is 6.27. The number of benzene rings is 1. The second-order valence-corrected chi connectivity index (χ2v) is 6.09. The molecule has 0 saturated carbocycles. The maximum Gasteiger partial charge on any atom is 0.417 e. The molecule has 0 spiro atoms. The Kier molecular flexibility index (Phi) is 4.26. The van der Waals surface area contributed by atoms with Crippen LogP contribution in [-0.2, 0) is 12.6 Å². The molecule has 134 valence electrons. The van der Waals surface area contributed by atoms with Crippen LogP contribution in [0.1, 0.15) is 44.5 Å². The van der Waals surface area contributed by atoms with Crippen molar-refractivity contribution in [2.24, 2.45) is 0 Å². The summed E-state index contributed by atoms with van der Waals surface area (Å²) in [6, 6.07) is 4.82. The lowest BCUT2D eigenvalue weighted by Crippen LogP contribution is -2.24. The summed E-state index contributed by atoms with van der Waals surface area (Å²) in [6.45, 7) is 2.90. The van der Waals surface area contributed by atoms with Crippen LogP contribution in [0.5, 0.6) is 0 Å². The molecule has 0 fully saturated rings. The van der Waals surface area contributed by atoms with Crippen LogP contribution >= 0.6 is 0 Å². The Hall–Kier alpha value is -2.83. The van der Waals surface area contributed by atoms with Gasteiger partial charge in [-0.1, -0.05) is 6.07 Å². The number of fused-ring (bicyclic) bond motifs is 1. The molecule has 0 amide bonds. The monoisotopic (exact) mass is 363 g/mol. The van der Waals surface area contributed by atoms with Gasteiger partial charge in [0, 0.05) is 35.0 Å². The van der Waals surface area contributed by atoms with Crippen molar-refractivity contribution in [1.29, 1.82) is 0 Å². The van der Waals surface area contributed by atoms with Gasteiger partial charge in [0.2, 0.25) is 0 Å². The minimum absolute atomic E-state index is 0.0365. The quantitative estimate of drug-likeness (QED) is 0.739. The van der Waals surface area contributed by atoms with E-state index in [0.29, 0.717) is 6.20 Å². The average molecular weight is 363 g/mol. The number of halogens is 4. The van der Waals surface area contributed by atoms with E-state index in [1.165, 1.54) is 26.0 Å². The highest BCUT2D eigenvalue weighted by Crippen LogP contribution is 2.32. The van der Waals surface area contributed by atoms with Crippen molar-refractivity contribution in [3.63, 3.8) is 0 Å². The van der Waals surface area contributed by atoms with Crippen molar-refractivity contribution in [1.82, 2.24) is 4.98 Å². The number of pyridine rings is 1. The Bertz CT molecular complexity index is 957. The Labute approximate surface area is 146 Å². The molecule has 0 aliphatic heterocycles. The average Bonchev–Trinajstić information content (AvgIpc) is 2.58. The summed E-state index contributed by atoms with van der Waals surface area (Å²) in [6.07, 6.45) is -3.94. The molecule has 1 aliphatic carbocycles.